The summed E-state index contributed by atoms with van der Waals surface area (Å²) in [4.78, 5) is 14.0. The molecule has 0 aromatic rings. The Morgan fingerprint density at radius 2 is 2.35 bits per heavy atom. The van der Waals surface area contributed by atoms with Gasteiger partial charge in [-0.05, 0) is 39.3 Å². The molecule has 4 heteroatoms. The Balaban J connectivity index is 2.27. The van der Waals surface area contributed by atoms with Crippen molar-refractivity contribution in [2.24, 2.45) is 5.92 Å². The second kappa shape index (κ2) is 7.67. The summed E-state index contributed by atoms with van der Waals surface area (Å²) >= 11 is 0. The number of carbonyl (C=O) groups excluding carboxylic acids is 1. The summed E-state index contributed by atoms with van der Waals surface area (Å²) in [6.07, 6.45) is 2.96. The van der Waals surface area contributed by atoms with Crippen LogP contribution in [0.1, 0.15) is 33.1 Å². The van der Waals surface area contributed by atoms with Gasteiger partial charge in [-0.1, -0.05) is 13.3 Å². The predicted molar refractivity (Wildman–Crippen MR) is 68.9 cm³/mol. The van der Waals surface area contributed by atoms with Crippen LogP contribution in [0.3, 0.4) is 0 Å². The number of amides is 1. The molecule has 1 rings (SSSR count). The lowest BCUT2D eigenvalue weighted by atomic mass is 10.1. The van der Waals surface area contributed by atoms with Gasteiger partial charge in [-0.25, -0.2) is 0 Å². The van der Waals surface area contributed by atoms with Crippen molar-refractivity contribution in [3.05, 3.63) is 0 Å². The van der Waals surface area contributed by atoms with Gasteiger partial charge in [0.25, 0.3) is 5.91 Å². The van der Waals surface area contributed by atoms with Gasteiger partial charge in [-0.2, -0.15) is 0 Å². The molecule has 2 unspecified atom stereocenters. The zero-order valence-electron chi connectivity index (χ0n) is 11.4. The fraction of sp³-hybridized carbons (Fsp3) is 0.923. The molecular formula is C13H26N2O2. The Bertz CT molecular complexity index is 233. The summed E-state index contributed by atoms with van der Waals surface area (Å²) in [5, 5.41) is 3.17. The van der Waals surface area contributed by atoms with E-state index in [1.165, 1.54) is 0 Å². The average Bonchev–Trinajstić information content (AvgIpc) is 2.77. The average molecular weight is 242 g/mol. The Kier molecular flexibility index (Phi) is 6.52. The minimum Gasteiger partial charge on any atom is -0.369 e. The first-order chi connectivity index (χ1) is 8.19. The van der Waals surface area contributed by atoms with Crippen LogP contribution in [0.25, 0.3) is 0 Å². The Morgan fingerprint density at radius 3 is 3.00 bits per heavy atom. The molecule has 1 aliphatic rings. The lowest BCUT2D eigenvalue weighted by Gasteiger charge is -2.21. The highest BCUT2D eigenvalue weighted by atomic mass is 16.5. The predicted octanol–water partition coefficient (Wildman–Crippen LogP) is 1.26. The molecule has 0 aromatic heterocycles. The molecule has 2 atom stereocenters. The first-order valence-corrected chi connectivity index (χ1v) is 6.74. The summed E-state index contributed by atoms with van der Waals surface area (Å²) < 4.78 is 5.54. The van der Waals surface area contributed by atoms with E-state index in [0.29, 0.717) is 12.5 Å². The largest absolute Gasteiger partial charge is 0.369 e. The van der Waals surface area contributed by atoms with E-state index in [-0.39, 0.29) is 12.0 Å². The van der Waals surface area contributed by atoms with Gasteiger partial charge in [0.1, 0.15) is 6.10 Å². The normalized spacial score (nSPS) is 21.8. The summed E-state index contributed by atoms with van der Waals surface area (Å²) in [5.41, 5.74) is 0. The monoisotopic (exact) mass is 242 g/mol. The van der Waals surface area contributed by atoms with Crippen molar-refractivity contribution in [1.29, 1.82) is 0 Å². The molecule has 1 heterocycles. The second-order valence-corrected chi connectivity index (χ2v) is 4.86. The molecule has 0 radical (unpaired) electrons. The van der Waals surface area contributed by atoms with Crippen molar-refractivity contribution in [3.63, 3.8) is 0 Å². The number of carbonyl (C=O) groups is 1. The van der Waals surface area contributed by atoms with Crippen LogP contribution in [0, 0.1) is 5.92 Å². The molecule has 1 saturated heterocycles. The molecule has 0 aromatic carbocycles. The van der Waals surface area contributed by atoms with E-state index < -0.39 is 0 Å². The number of nitrogens with one attached hydrogen (secondary N) is 1. The lowest BCUT2D eigenvalue weighted by molar-refractivity contribution is -0.141. The van der Waals surface area contributed by atoms with Crippen LogP contribution in [0.4, 0.5) is 0 Å². The molecule has 0 aliphatic carbocycles. The highest BCUT2D eigenvalue weighted by Gasteiger charge is 2.28. The van der Waals surface area contributed by atoms with E-state index in [9.17, 15) is 4.79 Å². The van der Waals surface area contributed by atoms with Gasteiger partial charge < -0.3 is 15.0 Å². The fourth-order valence-corrected chi connectivity index (χ4v) is 2.22. The molecule has 1 aliphatic heterocycles. The second-order valence-electron chi connectivity index (χ2n) is 4.86. The number of hydrogen-bond donors (Lipinski definition) is 1. The maximum Gasteiger partial charge on any atom is 0.251 e. The highest BCUT2D eigenvalue weighted by Crippen LogP contribution is 2.16. The number of unbranched alkanes of at least 4 members (excludes halogenated alkanes) is 1. The van der Waals surface area contributed by atoms with E-state index in [0.717, 1.165) is 38.9 Å². The van der Waals surface area contributed by atoms with Gasteiger partial charge in [-0.3, -0.25) is 4.79 Å². The number of likely N-dealkylation sites (tertiary alicyclic amines) is 1. The van der Waals surface area contributed by atoms with E-state index >= 15 is 0 Å². The van der Waals surface area contributed by atoms with E-state index in [1.807, 2.05) is 18.9 Å². The molecule has 1 fully saturated rings. The summed E-state index contributed by atoms with van der Waals surface area (Å²) in [6.45, 7) is 7.43. The van der Waals surface area contributed by atoms with Crippen LogP contribution >= 0.6 is 0 Å². The van der Waals surface area contributed by atoms with Crippen LogP contribution in [0.15, 0.2) is 0 Å². The van der Waals surface area contributed by atoms with Crippen molar-refractivity contribution in [3.8, 4) is 0 Å². The summed E-state index contributed by atoms with van der Waals surface area (Å²) in [6, 6.07) is 0. The third kappa shape index (κ3) is 4.64. The number of hydrogen-bond acceptors (Lipinski definition) is 3. The van der Waals surface area contributed by atoms with Crippen molar-refractivity contribution in [2.45, 2.75) is 39.2 Å². The number of ether oxygens (including phenoxy) is 1. The standard InChI is InChI=1S/C13H26N2O2/c1-4-5-8-17-11(2)13(16)15-7-6-12(10-15)9-14-3/h11-12,14H,4-10H2,1-3H3. The van der Waals surface area contributed by atoms with Gasteiger partial charge in [0, 0.05) is 19.7 Å². The lowest BCUT2D eigenvalue weighted by Crippen LogP contribution is -2.38. The first-order valence-electron chi connectivity index (χ1n) is 6.74. The van der Waals surface area contributed by atoms with Crippen LogP contribution < -0.4 is 5.32 Å². The highest BCUT2D eigenvalue weighted by molar-refractivity contribution is 5.80. The molecule has 0 saturated carbocycles. The van der Waals surface area contributed by atoms with Gasteiger partial charge >= 0.3 is 0 Å². The van der Waals surface area contributed by atoms with E-state index in [4.69, 9.17) is 4.74 Å². The van der Waals surface area contributed by atoms with Crippen molar-refractivity contribution >= 4 is 5.91 Å². The van der Waals surface area contributed by atoms with Crippen LogP contribution in [-0.4, -0.2) is 50.2 Å². The Morgan fingerprint density at radius 1 is 1.59 bits per heavy atom. The third-order valence-corrected chi connectivity index (χ3v) is 3.30. The van der Waals surface area contributed by atoms with Crippen LogP contribution in [0.2, 0.25) is 0 Å². The van der Waals surface area contributed by atoms with Crippen molar-refractivity contribution in [1.82, 2.24) is 10.2 Å². The Hall–Kier alpha value is -0.610. The SMILES string of the molecule is CCCCOC(C)C(=O)N1CCC(CNC)C1. The van der Waals surface area contributed by atoms with Gasteiger partial charge in [0.15, 0.2) is 0 Å². The summed E-state index contributed by atoms with van der Waals surface area (Å²) in [7, 11) is 1.96. The molecule has 17 heavy (non-hydrogen) atoms. The molecule has 4 nitrogen and oxygen atoms in total. The zero-order chi connectivity index (χ0) is 12.7. The maximum absolute atomic E-state index is 12.1. The van der Waals surface area contributed by atoms with Gasteiger partial charge in [0.05, 0.1) is 0 Å². The van der Waals surface area contributed by atoms with E-state index in [2.05, 4.69) is 12.2 Å². The minimum absolute atomic E-state index is 0.153. The topological polar surface area (TPSA) is 41.6 Å². The molecule has 0 bridgehead atoms. The van der Waals surface area contributed by atoms with Gasteiger partial charge in [0.2, 0.25) is 0 Å². The minimum atomic E-state index is -0.283. The molecule has 100 valence electrons. The van der Waals surface area contributed by atoms with E-state index in [1.54, 1.807) is 0 Å². The zero-order valence-corrected chi connectivity index (χ0v) is 11.4. The maximum atomic E-state index is 12.1. The van der Waals surface area contributed by atoms with Crippen LogP contribution in [0.5, 0.6) is 0 Å². The molecule has 0 spiro atoms. The molecular weight excluding hydrogens is 216 g/mol. The smallest absolute Gasteiger partial charge is 0.251 e. The number of nitrogens with zero attached hydrogens (tertiary/aromatic N) is 1. The van der Waals surface area contributed by atoms with Crippen molar-refractivity contribution < 1.29 is 9.53 Å². The van der Waals surface area contributed by atoms with Crippen LogP contribution in [-0.2, 0) is 9.53 Å². The third-order valence-electron chi connectivity index (χ3n) is 3.30. The molecule has 1 amide bonds. The first kappa shape index (κ1) is 14.5. The fourth-order valence-electron chi connectivity index (χ4n) is 2.22. The van der Waals surface area contributed by atoms with Gasteiger partial charge in [-0.15, -0.1) is 0 Å². The summed E-state index contributed by atoms with van der Waals surface area (Å²) in [5.74, 6) is 0.756. The quantitative estimate of drug-likeness (QED) is 0.683. The Labute approximate surface area is 105 Å². The number of rotatable bonds is 7. The molecule has 1 N–H and O–H groups in total. The van der Waals surface area contributed by atoms with Crippen molar-refractivity contribution in [2.75, 3.05) is 33.3 Å².